The molecule has 0 aliphatic rings. The zero-order valence-corrected chi connectivity index (χ0v) is 14.9. The Labute approximate surface area is 146 Å². The molecule has 0 radical (unpaired) electrons. The first-order valence-electron chi connectivity index (χ1n) is 7.50. The Morgan fingerprint density at radius 1 is 1.17 bits per heavy atom. The second-order valence-electron chi connectivity index (χ2n) is 5.73. The predicted molar refractivity (Wildman–Crippen MR) is 93.6 cm³/mol. The molecule has 0 bridgehead atoms. The first kappa shape index (κ1) is 19.7. The van der Waals surface area contributed by atoms with Gasteiger partial charge in [0.05, 0.1) is 13.1 Å². The van der Waals surface area contributed by atoms with Crippen LogP contribution in [-0.2, 0) is 16.0 Å². The van der Waals surface area contributed by atoms with Crippen LogP contribution in [0.25, 0.3) is 0 Å². The summed E-state index contributed by atoms with van der Waals surface area (Å²) >= 11 is 12.1. The predicted octanol–water partition coefficient (Wildman–Crippen LogP) is 2.00. The number of halogens is 2. The van der Waals surface area contributed by atoms with Crippen LogP contribution in [0.2, 0.25) is 10.0 Å². The maximum Gasteiger partial charge on any atom is 0.239 e. The highest BCUT2D eigenvalue weighted by molar-refractivity contribution is 6.35. The lowest BCUT2D eigenvalue weighted by Crippen LogP contribution is -2.41. The number of benzene rings is 1. The molecule has 0 saturated carbocycles. The highest BCUT2D eigenvalue weighted by Crippen LogP contribution is 2.25. The van der Waals surface area contributed by atoms with E-state index in [-0.39, 0.29) is 30.8 Å². The summed E-state index contributed by atoms with van der Waals surface area (Å²) < 4.78 is 0. The van der Waals surface area contributed by atoms with E-state index in [1.54, 1.807) is 12.1 Å². The van der Waals surface area contributed by atoms with Crippen LogP contribution >= 0.6 is 23.2 Å². The van der Waals surface area contributed by atoms with E-state index in [1.807, 2.05) is 6.07 Å². The van der Waals surface area contributed by atoms with E-state index in [1.165, 1.54) is 0 Å². The lowest BCUT2D eigenvalue weighted by Gasteiger charge is -2.22. The van der Waals surface area contributed by atoms with E-state index in [0.717, 1.165) is 12.0 Å². The second-order valence-corrected chi connectivity index (χ2v) is 6.57. The molecule has 1 aromatic carbocycles. The topological polar surface area (TPSA) is 84.2 Å². The fourth-order valence-electron chi connectivity index (χ4n) is 2.07. The summed E-state index contributed by atoms with van der Waals surface area (Å²) in [6, 6.07) is 5.43. The zero-order valence-electron chi connectivity index (χ0n) is 13.4. The Kier molecular flexibility index (Phi) is 8.37. The van der Waals surface area contributed by atoms with Crippen LogP contribution in [0.4, 0.5) is 0 Å². The van der Waals surface area contributed by atoms with Gasteiger partial charge in [-0.15, -0.1) is 0 Å². The number of carbonyl (C=O) groups is 2. The summed E-state index contributed by atoms with van der Waals surface area (Å²) in [4.78, 5) is 22.8. The molecular weight excluding hydrogens is 337 g/mol. The first-order valence-corrected chi connectivity index (χ1v) is 8.26. The largest absolute Gasteiger partial charge is 0.354 e. The summed E-state index contributed by atoms with van der Waals surface area (Å²) in [6.45, 7) is 4.50. The van der Waals surface area contributed by atoms with Gasteiger partial charge in [-0.1, -0.05) is 43.1 Å². The van der Waals surface area contributed by atoms with Crippen molar-refractivity contribution in [2.24, 2.45) is 17.6 Å². The second kappa shape index (κ2) is 9.75. The molecule has 7 heteroatoms. The van der Waals surface area contributed by atoms with Crippen molar-refractivity contribution in [2.75, 3.05) is 19.6 Å². The average molecular weight is 360 g/mol. The molecule has 0 heterocycles. The summed E-state index contributed by atoms with van der Waals surface area (Å²) in [7, 11) is 0. The van der Waals surface area contributed by atoms with Crippen LogP contribution in [0.5, 0.6) is 0 Å². The molecule has 1 aromatic rings. The van der Waals surface area contributed by atoms with Crippen molar-refractivity contribution in [1.29, 1.82) is 0 Å². The van der Waals surface area contributed by atoms with Gasteiger partial charge < -0.3 is 16.4 Å². The minimum absolute atomic E-state index is 0.0669. The summed E-state index contributed by atoms with van der Waals surface area (Å²) in [5.74, 6) is -0.00308. The normalized spacial score (nSPS) is 12.1. The lowest BCUT2D eigenvalue weighted by molar-refractivity contribution is -0.125. The summed E-state index contributed by atoms with van der Waals surface area (Å²) in [5, 5.41) is 6.50. The van der Waals surface area contributed by atoms with Crippen molar-refractivity contribution in [2.45, 2.75) is 20.3 Å². The van der Waals surface area contributed by atoms with Gasteiger partial charge in [0, 0.05) is 16.6 Å². The molecule has 4 N–H and O–H groups in total. The quantitative estimate of drug-likeness (QED) is 0.663. The van der Waals surface area contributed by atoms with Gasteiger partial charge in [-0.25, -0.2) is 0 Å². The molecule has 0 aromatic heterocycles. The maximum atomic E-state index is 11.7. The molecule has 2 amide bonds. The van der Waals surface area contributed by atoms with E-state index >= 15 is 0 Å². The van der Waals surface area contributed by atoms with Crippen molar-refractivity contribution in [3.63, 3.8) is 0 Å². The van der Waals surface area contributed by atoms with Crippen LogP contribution in [0, 0.1) is 11.8 Å². The highest BCUT2D eigenvalue weighted by atomic mass is 35.5. The third-order valence-electron chi connectivity index (χ3n) is 3.63. The number of carbonyl (C=O) groups excluding carboxylic acids is 2. The molecule has 0 aliphatic carbocycles. The third-order valence-corrected chi connectivity index (χ3v) is 4.22. The van der Waals surface area contributed by atoms with Crippen LogP contribution in [0.15, 0.2) is 18.2 Å². The molecule has 0 spiro atoms. The Morgan fingerprint density at radius 2 is 1.87 bits per heavy atom. The molecule has 1 rings (SSSR count). The Bertz CT molecular complexity index is 550. The molecule has 1 unspecified atom stereocenters. The molecule has 0 fully saturated rings. The number of nitrogens with two attached hydrogens (primary N) is 1. The van der Waals surface area contributed by atoms with Gasteiger partial charge in [0.25, 0.3) is 0 Å². The zero-order chi connectivity index (χ0) is 17.4. The van der Waals surface area contributed by atoms with E-state index in [9.17, 15) is 9.59 Å². The van der Waals surface area contributed by atoms with Crippen LogP contribution < -0.4 is 16.4 Å². The van der Waals surface area contributed by atoms with E-state index in [4.69, 9.17) is 28.9 Å². The maximum absolute atomic E-state index is 11.7. The number of rotatable bonds is 8. The smallest absolute Gasteiger partial charge is 0.239 e. The first-order chi connectivity index (χ1) is 10.8. The van der Waals surface area contributed by atoms with Crippen molar-refractivity contribution in [1.82, 2.24) is 10.6 Å². The van der Waals surface area contributed by atoms with Gasteiger partial charge >= 0.3 is 0 Å². The lowest BCUT2D eigenvalue weighted by atomic mass is 9.89. The van der Waals surface area contributed by atoms with Gasteiger partial charge in [-0.3, -0.25) is 9.59 Å². The monoisotopic (exact) mass is 359 g/mol. The van der Waals surface area contributed by atoms with E-state index in [2.05, 4.69) is 24.5 Å². The number of hydrogen-bond acceptors (Lipinski definition) is 3. The fraction of sp³-hybridized carbons (Fsp3) is 0.500. The molecule has 5 nitrogen and oxygen atoms in total. The van der Waals surface area contributed by atoms with Crippen molar-refractivity contribution >= 4 is 35.0 Å². The molecule has 0 saturated heterocycles. The molecule has 23 heavy (non-hydrogen) atoms. The molecule has 0 aliphatic heterocycles. The molecular formula is C16H23Cl2N3O2. The SMILES string of the molecule is CC(C)C(CNC(=O)CNC(=O)CN)Cc1ccc(Cl)cc1Cl. The standard InChI is InChI=1S/C16H23Cl2N3O2/c1-10(2)12(5-11-3-4-13(17)6-14(11)18)8-20-16(23)9-21-15(22)7-19/h3-4,6,10,12H,5,7-9,19H2,1-2H3,(H,20,23)(H,21,22). The van der Waals surface area contributed by atoms with Crippen LogP contribution in [0.1, 0.15) is 19.4 Å². The third kappa shape index (κ3) is 7.20. The van der Waals surface area contributed by atoms with Gasteiger partial charge in [-0.2, -0.15) is 0 Å². The Hall–Kier alpha value is -1.30. The molecule has 1 atom stereocenters. The fourth-order valence-corrected chi connectivity index (χ4v) is 2.56. The number of nitrogens with one attached hydrogen (secondary N) is 2. The minimum Gasteiger partial charge on any atom is -0.354 e. The Balaban J connectivity index is 2.55. The Morgan fingerprint density at radius 3 is 2.43 bits per heavy atom. The van der Waals surface area contributed by atoms with Crippen molar-refractivity contribution in [3.8, 4) is 0 Å². The summed E-state index contributed by atoms with van der Waals surface area (Å²) in [5.41, 5.74) is 6.17. The van der Waals surface area contributed by atoms with Crippen molar-refractivity contribution < 1.29 is 9.59 Å². The summed E-state index contributed by atoms with van der Waals surface area (Å²) in [6.07, 6.45) is 0.739. The van der Waals surface area contributed by atoms with E-state index < -0.39 is 0 Å². The average Bonchev–Trinajstić information content (AvgIpc) is 2.50. The number of hydrogen-bond donors (Lipinski definition) is 3. The highest BCUT2D eigenvalue weighted by Gasteiger charge is 2.17. The minimum atomic E-state index is -0.353. The van der Waals surface area contributed by atoms with E-state index in [0.29, 0.717) is 22.5 Å². The van der Waals surface area contributed by atoms with Crippen molar-refractivity contribution in [3.05, 3.63) is 33.8 Å². The van der Waals surface area contributed by atoms with Gasteiger partial charge in [-0.05, 0) is 36.0 Å². The molecule has 128 valence electrons. The number of amides is 2. The van der Waals surface area contributed by atoms with Crippen LogP contribution in [-0.4, -0.2) is 31.4 Å². The van der Waals surface area contributed by atoms with Gasteiger partial charge in [0.15, 0.2) is 0 Å². The van der Waals surface area contributed by atoms with Gasteiger partial charge in [0.1, 0.15) is 0 Å². The van der Waals surface area contributed by atoms with Gasteiger partial charge in [0.2, 0.25) is 11.8 Å². The van der Waals surface area contributed by atoms with Crippen LogP contribution in [0.3, 0.4) is 0 Å².